The van der Waals surface area contributed by atoms with Crippen LogP contribution in [0.4, 0.5) is 10.1 Å². The highest BCUT2D eigenvalue weighted by molar-refractivity contribution is 5.96. The fourth-order valence-corrected chi connectivity index (χ4v) is 4.47. The number of hydrogen-bond acceptors (Lipinski definition) is 3. The van der Waals surface area contributed by atoms with E-state index in [2.05, 4.69) is 17.6 Å². The number of carbonyl (C=O) groups excluding carboxylic acids is 1. The van der Waals surface area contributed by atoms with Gasteiger partial charge in [-0.15, -0.1) is 0 Å². The Hall–Kier alpha value is -3.67. The van der Waals surface area contributed by atoms with Gasteiger partial charge in [0.25, 0.3) is 0 Å². The van der Waals surface area contributed by atoms with E-state index in [1.807, 2.05) is 42.5 Å². The van der Waals surface area contributed by atoms with Gasteiger partial charge in [-0.2, -0.15) is 0 Å². The topological polar surface area (TPSA) is 47.4 Å². The molecule has 2 heterocycles. The van der Waals surface area contributed by atoms with Crippen LogP contribution >= 0.6 is 0 Å². The van der Waals surface area contributed by atoms with Gasteiger partial charge < -0.3 is 14.2 Å². The Kier molecular flexibility index (Phi) is 5.82. The molecule has 0 unspecified atom stereocenters. The van der Waals surface area contributed by atoms with E-state index in [1.54, 1.807) is 23.1 Å². The van der Waals surface area contributed by atoms with Crippen LogP contribution in [0.3, 0.4) is 0 Å². The van der Waals surface area contributed by atoms with Crippen molar-refractivity contribution in [3.8, 4) is 5.75 Å². The maximum atomic E-state index is 14.3. The number of rotatable bonds is 7. The van der Waals surface area contributed by atoms with E-state index in [1.165, 1.54) is 11.6 Å². The Balaban J connectivity index is 1.35. The fourth-order valence-electron chi connectivity index (χ4n) is 4.47. The molecule has 1 aliphatic rings. The Morgan fingerprint density at radius 3 is 2.61 bits per heavy atom. The zero-order chi connectivity index (χ0) is 22.8. The second-order valence-corrected chi connectivity index (χ2v) is 8.48. The molecule has 4 aromatic rings. The smallest absolute Gasteiger partial charge is 0.227 e. The molecule has 3 aromatic carbocycles. The zero-order valence-electron chi connectivity index (χ0n) is 18.6. The minimum Gasteiger partial charge on any atom is -0.494 e. The zero-order valence-corrected chi connectivity index (χ0v) is 18.6. The van der Waals surface area contributed by atoms with Gasteiger partial charge in [0.05, 0.1) is 23.3 Å². The Bertz CT molecular complexity index is 1280. The summed E-state index contributed by atoms with van der Waals surface area (Å²) in [7, 11) is 0. The first-order valence-electron chi connectivity index (χ1n) is 11.3. The van der Waals surface area contributed by atoms with Crippen molar-refractivity contribution < 1.29 is 13.9 Å². The van der Waals surface area contributed by atoms with E-state index in [4.69, 9.17) is 9.72 Å². The highest BCUT2D eigenvalue weighted by Crippen LogP contribution is 2.34. The summed E-state index contributed by atoms with van der Waals surface area (Å²) in [6.07, 6.45) is 1.12. The average Bonchev–Trinajstić information content (AvgIpc) is 3.39. The molecule has 5 rings (SSSR count). The van der Waals surface area contributed by atoms with Crippen molar-refractivity contribution >= 4 is 22.6 Å². The largest absolute Gasteiger partial charge is 0.494 e. The quantitative estimate of drug-likeness (QED) is 0.356. The molecule has 1 aromatic heterocycles. The molecule has 6 heteroatoms. The summed E-state index contributed by atoms with van der Waals surface area (Å²) in [5.74, 6) is 1.18. The van der Waals surface area contributed by atoms with Crippen LogP contribution in [0.2, 0.25) is 0 Å². The molecule has 5 nitrogen and oxygen atoms in total. The number of carbonyl (C=O) groups is 1. The lowest BCUT2D eigenvalue weighted by atomic mass is 10.1. The number of amides is 1. The molecule has 0 radical (unpaired) electrons. The van der Waals surface area contributed by atoms with Gasteiger partial charge in [0.2, 0.25) is 5.91 Å². The third kappa shape index (κ3) is 4.33. The second kappa shape index (κ2) is 9.06. The summed E-state index contributed by atoms with van der Waals surface area (Å²) in [6, 6.07) is 22.5. The van der Waals surface area contributed by atoms with Gasteiger partial charge in [-0.1, -0.05) is 42.0 Å². The first kappa shape index (κ1) is 21.2. The van der Waals surface area contributed by atoms with Gasteiger partial charge in [-0.25, -0.2) is 9.37 Å². The molecular formula is C27H26FN3O2. The predicted octanol–water partition coefficient (Wildman–Crippen LogP) is 5.47. The average molecular weight is 444 g/mol. The van der Waals surface area contributed by atoms with Gasteiger partial charge in [-0.3, -0.25) is 4.79 Å². The van der Waals surface area contributed by atoms with Crippen molar-refractivity contribution in [3.05, 3.63) is 90.0 Å². The number of ether oxygens (including phenoxy) is 1. The lowest BCUT2D eigenvalue weighted by Crippen LogP contribution is -2.25. The molecule has 1 fully saturated rings. The monoisotopic (exact) mass is 443 g/mol. The number of halogens is 1. The third-order valence-corrected chi connectivity index (χ3v) is 6.13. The predicted molar refractivity (Wildman–Crippen MR) is 127 cm³/mol. The summed E-state index contributed by atoms with van der Waals surface area (Å²) in [5.41, 5.74) is 3.48. The van der Waals surface area contributed by atoms with E-state index < -0.39 is 0 Å². The molecular weight excluding hydrogens is 417 g/mol. The maximum absolute atomic E-state index is 14.3. The number of fused-ring (bicyclic) bond motifs is 1. The molecule has 1 saturated heterocycles. The summed E-state index contributed by atoms with van der Waals surface area (Å²) < 4.78 is 22.4. The lowest BCUT2D eigenvalue weighted by Gasteiger charge is -2.18. The molecule has 1 amide bonds. The number of aryl methyl sites for hydroxylation is 2. The van der Waals surface area contributed by atoms with Gasteiger partial charge >= 0.3 is 0 Å². The molecule has 0 aliphatic carbocycles. The Morgan fingerprint density at radius 1 is 1.03 bits per heavy atom. The Morgan fingerprint density at radius 2 is 1.79 bits per heavy atom. The number of nitrogens with zero attached hydrogens (tertiary/aromatic N) is 3. The van der Waals surface area contributed by atoms with Crippen LogP contribution in [0, 0.1) is 12.7 Å². The van der Waals surface area contributed by atoms with Crippen LogP contribution in [0.15, 0.2) is 72.8 Å². The third-order valence-electron chi connectivity index (χ3n) is 6.13. The van der Waals surface area contributed by atoms with E-state index in [0.29, 0.717) is 25.3 Å². The highest BCUT2D eigenvalue weighted by Gasteiger charge is 2.35. The van der Waals surface area contributed by atoms with Crippen LogP contribution in [-0.2, 0) is 11.3 Å². The standard InChI is InChI=1S/C27H26FN3O2/c1-19-11-13-21(14-12-19)33-16-6-15-30-25-10-5-3-8-23(25)29-27(30)20-17-26(32)31(18-20)24-9-4-2-7-22(24)28/h2-5,7-14,20H,6,15-18H2,1H3/t20-/m0/s1. The van der Waals surface area contributed by atoms with E-state index in [0.717, 1.165) is 35.6 Å². The summed E-state index contributed by atoms with van der Waals surface area (Å²) >= 11 is 0. The molecule has 1 aliphatic heterocycles. The molecule has 0 saturated carbocycles. The second-order valence-electron chi connectivity index (χ2n) is 8.48. The number of benzene rings is 3. The first-order chi connectivity index (χ1) is 16.1. The van der Waals surface area contributed by atoms with Crippen LogP contribution in [0.5, 0.6) is 5.75 Å². The number of para-hydroxylation sites is 3. The van der Waals surface area contributed by atoms with Crippen LogP contribution < -0.4 is 9.64 Å². The molecule has 0 spiro atoms. The highest BCUT2D eigenvalue weighted by atomic mass is 19.1. The fraction of sp³-hybridized carbons (Fsp3) is 0.259. The van der Waals surface area contributed by atoms with Crippen LogP contribution in [0.25, 0.3) is 11.0 Å². The lowest BCUT2D eigenvalue weighted by molar-refractivity contribution is -0.117. The molecule has 0 bridgehead atoms. The minimum atomic E-state index is -0.381. The first-order valence-corrected chi connectivity index (χ1v) is 11.3. The summed E-state index contributed by atoms with van der Waals surface area (Å²) in [5, 5.41) is 0. The number of anilines is 1. The number of aromatic nitrogens is 2. The van der Waals surface area contributed by atoms with Gasteiger partial charge in [0.15, 0.2) is 0 Å². The Labute approximate surface area is 192 Å². The molecule has 1 atom stereocenters. The number of hydrogen-bond donors (Lipinski definition) is 0. The van der Waals surface area contributed by atoms with Crippen molar-refractivity contribution in [2.45, 2.75) is 32.2 Å². The van der Waals surface area contributed by atoms with Crippen molar-refractivity contribution in [2.24, 2.45) is 0 Å². The molecule has 0 N–H and O–H groups in total. The summed E-state index contributed by atoms with van der Waals surface area (Å²) in [6.45, 7) is 3.78. The maximum Gasteiger partial charge on any atom is 0.227 e. The number of imidazole rings is 1. The normalized spacial score (nSPS) is 16.0. The van der Waals surface area contributed by atoms with Gasteiger partial charge in [-0.05, 0) is 49.7 Å². The van der Waals surface area contributed by atoms with Crippen molar-refractivity contribution in [3.63, 3.8) is 0 Å². The van der Waals surface area contributed by atoms with Crippen molar-refractivity contribution in [1.29, 1.82) is 0 Å². The SMILES string of the molecule is Cc1ccc(OCCCn2c([C@H]3CC(=O)N(c4ccccc4F)C3)nc3ccccc32)cc1. The van der Waals surface area contributed by atoms with Crippen LogP contribution in [-0.4, -0.2) is 28.6 Å². The van der Waals surface area contributed by atoms with Crippen molar-refractivity contribution in [1.82, 2.24) is 9.55 Å². The van der Waals surface area contributed by atoms with E-state index in [-0.39, 0.29) is 17.6 Å². The molecule has 33 heavy (non-hydrogen) atoms. The van der Waals surface area contributed by atoms with Crippen molar-refractivity contribution in [2.75, 3.05) is 18.1 Å². The van der Waals surface area contributed by atoms with Gasteiger partial charge in [0.1, 0.15) is 17.4 Å². The summed E-state index contributed by atoms with van der Waals surface area (Å²) in [4.78, 5) is 19.2. The van der Waals surface area contributed by atoms with Gasteiger partial charge in [0, 0.05) is 25.4 Å². The minimum absolute atomic E-state index is 0.0774. The van der Waals surface area contributed by atoms with E-state index >= 15 is 0 Å². The van der Waals surface area contributed by atoms with E-state index in [9.17, 15) is 9.18 Å². The van der Waals surface area contributed by atoms with Crippen LogP contribution in [0.1, 0.15) is 30.1 Å². The molecule has 168 valence electrons.